The van der Waals surface area contributed by atoms with E-state index in [-0.39, 0.29) is 0 Å². The SMILES string of the molecule is Cc1ncccc1N(c1nccn1C)c1nccn1C. The van der Waals surface area contributed by atoms with E-state index >= 15 is 0 Å². The van der Waals surface area contributed by atoms with Crippen LogP contribution in [0, 0.1) is 6.92 Å². The lowest BCUT2D eigenvalue weighted by Gasteiger charge is -2.23. The first-order valence-electron chi connectivity index (χ1n) is 6.35. The average Bonchev–Trinajstić information content (AvgIpc) is 3.03. The van der Waals surface area contributed by atoms with Gasteiger partial charge in [0.2, 0.25) is 11.9 Å². The van der Waals surface area contributed by atoms with Crippen LogP contribution in [-0.2, 0) is 14.1 Å². The molecule has 0 spiro atoms. The van der Waals surface area contributed by atoms with Crippen molar-refractivity contribution in [2.45, 2.75) is 6.92 Å². The van der Waals surface area contributed by atoms with Crippen molar-refractivity contribution in [3.63, 3.8) is 0 Å². The van der Waals surface area contributed by atoms with E-state index in [1.165, 1.54) is 0 Å². The normalized spacial score (nSPS) is 10.8. The van der Waals surface area contributed by atoms with Gasteiger partial charge in [0.05, 0.1) is 11.4 Å². The molecule has 3 aromatic heterocycles. The van der Waals surface area contributed by atoms with Gasteiger partial charge >= 0.3 is 0 Å². The Morgan fingerprint density at radius 3 is 1.95 bits per heavy atom. The van der Waals surface area contributed by atoms with E-state index in [0.29, 0.717) is 0 Å². The number of aryl methyl sites for hydroxylation is 3. The Morgan fingerprint density at radius 1 is 0.900 bits per heavy atom. The summed E-state index contributed by atoms with van der Waals surface area (Å²) in [6, 6.07) is 3.94. The minimum absolute atomic E-state index is 0.801. The summed E-state index contributed by atoms with van der Waals surface area (Å²) < 4.78 is 3.92. The third-order valence-corrected chi connectivity index (χ3v) is 3.21. The first-order chi connectivity index (χ1) is 9.68. The number of imidazole rings is 2. The van der Waals surface area contributed by atoms with E-state index in [4.69, 9.17) is 0 Å². The number of aromatic nitrogens is 5. The van der Waals surface area contributed by atoms with E-state index in [1.54, 1.807) is 18.6 Å². The highest BCUT2D eigenvalue weighted by atomic mass is 15.4. The summed E-state index contributed by atoms with van der Waals surface area (Å²) >= 11 is 0. The van der Waals surface area contributed by atoms with Crippen LogP contribution in [-0.4, -0.2) is 24.1 Å². The summed E-state index contributed by atoms with van der Waals surface area (Å²) in [5.74, 6) is 1.60. The maximum atomic E-state index is 4.44. The van der Waals surface area contributed by atoms with Crippen molar-refractivity contribution in [2.24, 2.45) is 14.1 Å². The quantitative estimate of drug-likeness (QED) is 0.731. The van der Waals surface area contributed by atoms with E-state index in [0.717, 1.165) is 23.3 Å². The largest absolute Gasteiger partial charge is 0.320 e. The van der Waals surface area contributed by atoms with Gasteiger partial charge in [-0.25, -0.2) is 14.9 Å². The van der Waals surface area contributed by atoms with Crippen LogP contribution in [0.15, 0.2) is 43.1 Å². The molecule has 0 bridgehead atoms. The second-order valence-electron chi connectivity index (χ2n) is 4.62. The monoisotopic (exact) mass is 268 g/mol. The van der Waals surface area contributed by atoms with Gasteiger partial charge in [-0.2, -0.15) is 0 Å². The summed E-state index contributed by atoms with van der Waals surface area (Å²) in [5, 5.41) is 0. The maximum absolute atomic E-state index is 4.44. The van der Waals surface area contributed by atoms with Gasteiger partial charge in [-0.3, -0.25) is 4.98 Å². The Bertz CT molecular complexity index is 686. The number of rotatable bonds is 3. The van der Waals surface area contributed by atoms with Crippen molar-refractivity contribution in [3.8, 4) is 0 Å². The van der Waals surface area contributed by atoms with Gasteiger partial charge in [0.1, 0.15) is 0 Å². The molecule has 0 aliphatic carbocycles. The van der Waals surface area contributed by atoms with Gasteiger partial charge in [0.15, 0.2) is 0 Å². The third-order valence-electron chi connectivity index (χ3n) is 3.21. The first kappa shape index (κ1) is 12.4. The van der Waals surface area contributed by atoms with Gasteiger partial charge in [-0.05, 0) is 19.1 Å². The molecular formula is C14H16N6. The summed E-state index contributed by atoms with van der Waals surface area (Å²) in [6.07, 6.45) is 9.16. The van der Waals surface area contributed by atoms with Gasteiger partial charge < -0.3 is 9.13 Å². The van der Waals surface area contributed by atoms with Crippen LogP contribution < -0.4 is 4.90 Å². The zero-order valence-electron chi connectivity index (χ0n) is 11.7. The Morgan fingerprint density at radius 2 is 1.50 bits per heavy atom. The van der Waals surface area contributed by atoms with Crippen molar-refractivity contribution >= 4 is 17.6 Å². The molecule has 3 rings (SSSR count). The molecule has 0 amide bonds. The molecule has 3 heterocycles. The molecule has 20 heavy (non-hydrogen) atoms. The van der Waals surface area contributed by atoms with Crippen LogP contribution in [0.3, 0.4) is 0 Å². The topological polar surface area (TPSA) is 51.8 Å². The lowest BCUT2D eigenvalue weighted by molar-refractivity contribution is 0.843. The molecule has 3 aromatic rings. The highest BCUT2D eigenvalue weighted by Gasteiger charge is 2.21. The summed E-state index contributed by atoms with van der Waals surface area (Å²) in [5.41, 5.74) is 1.90. The molecule has 0 N–H and O–H groups in total. The molecular weight excluding hydrogens is 252 g/mol. The minimum Gasteiger partial charge on any atom is -0.320 e. The fraction of sp³-hybridized carbons (Fsp3) is 0.214. The highest BCUT2D eigenvalue weighted by Crippen LogP contribution is 2.32. The Kier molecular flexibility index (Phi) is 2.98. The Balaban J connectivity index is 2.22. The molecule has 0 saturated carbocycles. The number of nitrogens with zero attached hydrogens (tertiary/aromatic N) is 6. The lowest BCUT2D eigenvalue weighted by Crippen LogP contribution is -2.19. The van der Waals surface area contributed by atoms with Crippen LogP contribution in [0.5, 0.6) is 0 Å². The van der Waals surface area contributed by atoms with Crippen molar-refractivity contribution in [1.82, 2.24) is 24.1 Å². The van der Waals surface area contributed by atoms with Crippen molar-refractivity contribution in [3.05, 3.63) is 48.8 Å². The zero-order chi connectivity index (χ0) is 14.1. The zero-order valence-corrected chi connectivity index (χ0v) is 11.7. The third kappa shape index (κ3) is 1.95. The molecule has 0 saturated heterocycles. The number of hydrogen-bond donors (Lipinski definition) is 0. The molecule has 0 atom stereocenters. The highest BCUT2D eigenvalue weighted by molar-refractivity contribution is 5.70. The first-order valence-corrected chi connectivity index (χ1v) is 6.35. The maximum Gasteiger partial charge on any atom is 0.216 e. The molecule has 0 aliphatic rings. The smallest absolute Gasteiger partial charge is 0.216 e. The summed E-state index contributed by atoms with van der Waals surface area (Å²) in [7, 11) is 3.92. The predicted octanol–water partition coefficient (Wildman–Crippen LogP) is 2.33. The molecule has 0 fully saturated rings. The van der Waals surface area contributed by atoms with Crippen LogP contribution >= 0.6 is 0 Å². The van der Waals surface area contributed by atoms with Crippen molar-refractivity contribution < 1.29 is 0 Å². The second-order valence-corrected chi connectivity index (χ2v) is 4.62. The van der Waals surface area contributed by atoms with Gasteiger partial charge in [-0.1, -0.05) is 0 Å². The molecule has 6 nitrogen and oxygen atoms in total. The summed E-state index contributed by atoms with van der Waals surface area (Å²) in [4.78, 5) is 15.2. The van der Waals surface area contributed by atoms with E-state index in [1.807, 2.05) is 59.6 Å². The molecule has 102 valence electrons. The fourth-order valence-corrected chi connectivity index (χ4v) is 2.16. The Hall–Kier alpha value is -2.63. The predicted molar refractivity (Wildman–Crippen MR) is 77.2 cm³/mol. The Labute approximate surface area is 117 Å². The van der Waals surface area contributed by atoms with Gasteiger partial charge in [0, 0.05) is 45.1 Å². The summed E-state index contributed by atoms with van der Waals surface area (Å²) in [6.45, 7) is 1.98. The molecule has 6 heteroatoms. The van der Waals surface area contributed by atoms with Crippen LogP contribution in [0.2, 0.25) is 0 Å². The second kappa shape index (κ2) is 4.80. The van der Waals surface area contributed by atoms with Crippen molar-refractivity contribution in [1.29, 1.82) is 0 Å². The average molecular weight is 268 g/mol. The minimum atomic E-state index is 0.801. The van der Waals surface area contributed by atoms with Gasteiger partial charge in [0.25, 0.3) is 0 Å². The lowest BCUT2D eigenvalue weighted by atomic mass is 10.3. The fourth-order valence-electron chi connectivity index (χ4n) is 2.16. The van der Waals surface area contributed by atoms with Gasteiger partial charge in [-0.15, -0.1) is 0 Å². The molecule has 0 radical (unpaired) electrons. The van der Waals surface area contributed by atoms with Crippen molar-refractivity contribution in [2.75, 3.05) is 4.90 Å². The van der Waals surface area contributed by atoms with E-state index in [9.17, 15) is 0 Å². The van der Waals surface area contributed by atoms with Crippen LogP contribution in [0.1, 0.15) is 5.69 Å². The number of pyridine rings is 1. The molecule has 0 aromatic carbocycles. The van der Waals surface area contributed by atoms with Crippen LogP contribution in [0.25, 0.3) is 0 Å². The van der Waals surface area contributed by atoms with E-state index < -0.39 is 0 Å². The van der Waals surface area contributed by atoms with E-state index in [2.05, 4.69) is 15.0 Å². The number of hydrogen-bond acceptors (Lipinski definition) is 4. The standard InChI is InChI=1S/C14H16N6/c1-11-12(5-4-6-15-11)20(13-16-7-9-18(13)2)14-17-8-10-19(14)3/h4-10H,1-3H3. The van der Waals surface area contributed by atoms with Crippen LogP contribution in [0.4, 0.5) is 17.6 Å². The molecule has 0 aliphatic heterocycles. The number of anilines is 3. The molecule has 0 unspecified atom stereocenters.